The average molecular weight is 1240 g/mol. The van der Waals surface area contributed by atoms with Gasteiger partial charge in [0.1, 0.15) is 19.3 Å². The molecular weight excluding hydrogens is 1110 g/mol. The molecule has 0 saturated heterocycles. The highest BCUT2D eigenvalue weighted by atomic mass is 31.2. The molecule has 0 aliphatic heterocycles. The van der Waals surface area contributed by atoms with E-state index in [9.17, 15) is 43.2 Å². The van der Waals surface area contributed by atoms with Gasteiger partial charge in [-0.3, -0.25) is 37.3 Å². The van der Waals surface area contributed by atoms with Gasteiger partial charge in [0, 0.05) is 25.7 Å². The van der Waals surface area contributed by atoms with Gasteiger partial charge in [0.25, 0.3) is 0 Å². The van der Waals surface area contributed by atoms with Crippen molar-refractivity contribution in [3.63, 3.8) is 0 Å². The van der Waals surface area contributed by atoms with E-state index in [1.165, 1.54) is 135 Å². The van der Waals surface area contributed by atoms with E-state index < -0.39 is 97.5 Å². The number of carbonyl (C=O) groups excluding carboxylic acids is 4. The Balaban J connectivity index is 5.23. The molecule has 0 saturated carbocycles. The molecule has 0 spiro atoms. The minimum absolute atomic E-state index is 0.103. The number of rotatable bonds is 64. The first-order valence-corrected chi connectivity index (χ1v) is 37.0. The Bertz CT molecular complexity index is 1650. The van der Waals surface area contributed by atoms with Crippen LogP contribution >= 0.6 is 15.6 Å². The summed E-state index contributed by atoms with van der Waals surface area (Å²) in [6.45, 7) is 9.42. The average Bonchev–Trinajstić information content (AvgIpc) is 3.53. The van der Waals surface area contributed by atoms with Crippen molar-refractivity contribution >= 4 is 39.5 Å². The summed E-state index contributed by atoms with van der Waals surface area (Å²) in [6.07, 6.45) is 40.3. The van der Waals surface area contributed by atoms with Crippen LogP contribution < -0.4 is 0 Å². The molecular formula is C65H126O17P2. The molecule has 498 valence electrons. The van der Waals surface area contributed by atoms with E-state index in [1.54, 1.807) is 0 Å². The van der Waals surface area contributed by atoms with Crippen molar-refractivity contribution in [3.8, 4) is 0 Å². The molecule has 0 rings (SSSR count). The van der Waals surface area contributed by atoms with Crippen molar-refractivity contribution in [2.75, 3.05) is 39.6 Å². The van der Waals surface area contributed by atoms with E-state index in [2.05, 4.69) is 41.5 Å². The van der Waals surface area contributed by atoms with Crippen LogP contribution in [0.25, 0.3) is 0 Å². The van der Waals surface area contributed by atoms with E-state index in [0.717, 1.165) is 102 Å². The number of aliphatic hydroxyl groups excluding tert-OH is 1. The standard InChI is InChI=1S/C65H126O17P2/c1-7-10-12-14-16-18-19-20-21-22-23-31-37-43-49-64(69)81-60(54-76-63(68)48-42-36-30-25-24-28-34-40-46-58(6)9-3)55-79-83(71,72)77-51-59(66)52-78-84(73,74)80-56-61(53-75-62(67)47-41-35-29-17-15-13-11-8-2)82-65(70)50-44-38-32-26-27-33-39-45-57(4)5/h57-61,66H,7-56H2,1-6H3,(H,71,72)(H,73,74)/t58?,59-,60-,61-/m1/s1. The van der Waals surface area contributed by atoms with Crippen molar-refractivity contribution in [2.24, 2.45) is 11.8 Å². The first-order valence-electron chi connectivity index (χ1n) is 34.0. The topological polar surface area (TPSA) is 237 Å². The summed E-state index contributed by atoms with van der Waals surface area (Å²) in [6, 6.07) is 0. The highest BCUT2D eigenvalue weighted by molar-refractivity contribution is 7.47. The van der Waals surface area contributed by atoms with E-state index in [-0.39, 0.29) is 25.7 Å². The zero-order chi connectivity index (χ0) is 62.2. The third kappa shape index (κ3) is 57.8. The molecule has 0 aliphatic rings. The van der Waals surface area contributed by atoms with Gasteiger partial charge < -0.3 is 33.8 Å². The smallest absolute Gasteiger partial charge is 0.462 e. The number of carbonyl (C=O) groups is 4. The monoisotopic (exact) mass is 1240 g/mol. The molecule has 3 N–H and O–H groups in total. The second-order valence-corrected chi connectivity index (χ2v) is 27.1. The van der Waals surface area contributed by atoms with Gasteiger partial charge in [-0.25, -0.2) is 9.13 Å². The summed E-state index contributed by atoms with van der Waals surface area (Å²) < 4.78 is 68.0. The first kappa shape index (κ1) is 82.1. The Kier molecular flexibility index (Phi) is 56.2. The number of phosphoric acid groups is 2. The Morgan fingerprint density at radius 2 is 0.607 bits per heavy atom. The highest BCUT2D eigenvalue weighted by Gasteiger charge is 2.30. The van der Waals surface area contributed by atoms with Crippen LogP contribution in [0, 0.1) is 11.8 Å². The summed E-state index contributed by atoms with van der Waals surface area (Å²) in [5.41, 5.74) is 0. The summed E-state index contributed by atoms with van der Waals surface area (Å²) >= 11 is 0. The van der Waals surface area contributed by atoms with Gasteiger partial charge in [0.05, 0.1) is 26.4 Å². The largest absolute Gasteiger partial charge is 0.472 e. The Morgan fingerprint density at radius 3 is 0.905 bits per heavy atom. The summed E-state index contributed by atoms with van der Waals surface area (Å²) in [4.78, 5) is 72.2. The van der Waals surface area contributed by atoms with Crippen molar-refractivity contribution in [2.45, 2.75) is 342 Å². The molecule has 0 bridgehead atoms. The molecule has 0 heterocycles. The van der Waals surface area contributed by atoms with Gasteiger partial charge >= 0.3 is 39.5 Å². The molecule has 0 aromatic carbocycles. The van der Waals surface area contributed by atoms with Crippen LogP contribution in [0.4, 0.5) is 0 Å². The van der Waals surface area contributed by atoms with E-state index >= 15 is 0 Å². The fourth-order valence-electron chi connectivity index (χ4n) is 9.68. The van der Waals surface area contributed by atoms with Gasteiger partial charge in [-0.1, -0.05) is 273 Å². The van der Waals surface area contributed by atoms with Crippen LogP contribution in [0.1, 0.15) is 324 Å². The summed E-state index contributed by atoms with van der Waals surface area (Å²) in [5, 5.41) is 10.5. The molecule has 0 fully saturated rings. The maximum atomic E-state index is 13.0. The first-order chi connectivity index (χ1) is 40.4. The number of hydrogen-bond donors (Lipinski definition) is 3. The second-order valence-electron chi connectivity index (χ2n) is 24.2. The molecule has 0 aromatic heterocycles. The molecule has 0 aromatic rings. The summed E-state index contributed by atoms with van der Waals surface area (Å²) in [7, 11) is -9.89. The second kappa shape index (κ2) is 57.5. The zero-order valence-corrected chi connectivity index (χ0v) is 56.0. The fourth-order valence-corrected chi connectivity index (χ4v) is 11.3. The third-order valence-corrected chi connectivity index (χ3v) is 17.2. The molecule has 0 aliphatic carbocycles. The number of hydrogen-bond acceptors (Lipinski definition) is 15. The number of phosphoric ester groups is 2. The predicted molar refractivity (Wildman–Crippen MR) is 335 cm³/mol. The third-order valence-electron chi connectivity index (χ3n) is 15.3. The van der Waals surface area contributed by atoms with Crippen LogP contribution in [0.15, 0.2) is 0 Å². The van der Waals surface area contributed by atoms with Crippen molar-refractivity contribution < 1.29 is 80.2 Å². The number of ether oxygens (including phenoxy) is 4. The van der Waals surface area contributed by atoms with E-state index in [0.29, 0.717) is 31.6 Å². The van der Waals surface area contributed by atoms with Crippen molar-refractivity contribution in [1.29, 1.82) is 0 Å². The molecule has 19 heteroatoms. The molecule has 0 amide bonds. The van der Waals surface area contributed by atoms with Crippen LogP contribution in [-0.2, 0) is 65.4 Å². The molecule has 17 nitrogen and oxygen atoms in total. The van der Waals surface area contributed by atoms with Crippen LogP contribution in [0.2, 0.25) is 0 Å². The molecule has 3 unspecified atom stereocenters. The Hall–Kier alpha value is -1.94. The highest BCUT2D eigenvalue weighted by Crippen LogP contribution is 2.45. The lowest BCUT2D eigenvalue weighted by Crippen LogP contribution is -2.30. The maximum absolute atomic E-state index is 13.0. The van der Waals surface area contributed by atoms with Gasteiger partial charge in [-0.15, -0.1) is 0 Å². The normalized spacial score (nSPS) is 14.6. The lowest BCUT2D eigenvalue weighted by Gasteiger charge is -2.21. The Labute approximate surface area is 511 Å². The Morgan fingerprint density at radius 1 is 0.345 bits per heavy atom. The van der Waals surface area contributed by atoms with Crippen LogP contribution in [0.5, 0.6) is 0 Å². The van der Waals surface area contributed by atoms with Crippen LogP contribution in [-0.4, -0.2) is 96.7 Å². The summed E-state index contributed by atoms with van der Waals surface area (Å²) in [5.74, 6) is -0.662. The van der Waals surface area contributed by atoms with Crippen LogP contribution in [0.3, 0.4) is 0 Å². The van der Waals surface area contributed by atoms with Gasteiger partial charge in [0.15, 0.2) is 12.2 Å². The SMILES string of the molecule is CCCCCCCCCCCCCCCCC(=O)O[C@H](COC(=O)CCCCCCCCCCC(C)CC)COP(=O)(O)OC[C@@H](O)COP(=O)(O)OC[C@@H](COC(=O)CCCCCCCCCC)OC(=O)CCCCCCCCCC(C)C. The predicted octanol–water partition coefficient (Wildman–Crippen LogP) is 18.0. The molecule has 84 heavy (non-hydrogen) atoms. The van der Waals surface area contributed by atoms with Crippen molar-refractivity contribution in [3.05, 3.63) is 0 Å². The quantitative estimate of drug-likeness (QED) is 0.0222. The molecule has 0 radical (unpaired) electrons. The van der Waals surface area contributed by atoms with Gasteiger partial charge in [-0.2, -0.15) is 0 Å². The lowest BCUT2D eigenvalue weighted by atomic mass is 9.99. The minimum atomic E-state index is -4.95. The number of unbranched alkanes of at least 4 members (excludes halogenated alkanes) is 33. The van der Waals surface area contributed by atoms with E-state index in [4.69, 9.17) is 37.0 Å². The lowest BCUT2D eigenvalue weighted by molar-refractivity contribution is -0.161. The zero-order valence-electron chi connectivity index (χ0n) is 54.2. The van der Waals surface area contributed by atoms with E-state index in [1.807, 2.05) is 0 Å². The maximum Gasteiger partial charge on any atom is 0.472 e. The molecule has 6 atom stereocenters. The van der Waals surface area contributed by atoms with Crippen molar-refractivity contribution in [1.82, 2.24) is 0 Å². The number of esters is 4. The minimum Gasteiger partial charge on any atom is -0.462 e. The fraction of sp³-hybridized carbons (Fsp3) is 0.938. The van der Waals surface area contributed by atoms with Gasteiger partial charge in [0.2, 0.25) is 0 Å². The van der Waals surface area contributed by atoms with Gasteiger partial charge in [-0.05, 0) is 37.5 Å². The number of aliphatic hydroxyl groups is 1.